The molecule has 0 aromatic carbocycles. The topological polar surface area (TPSA) is 0 Å². The van der Waals surface area contributed by atoms with E-state index >= 15 is 0 Å². The standard InChI is InChI=1S/C23H34Si.2CH3.2ClH.Zr/c1-4-9-17-14-15-18(16-17)24(2,3)23-21-12-7-5-10-19(21)20-11-6-8-13-22(20)23;;;;;/h5-8,10-13,17-23H,4,9,14-16H2,1-3H3;2*1H3;2*1H;/q;2*-1;;;+4/p-2. The summed E-state index contributed by atoms with van der Waals surface area (Å²) in [5.41, 5.74) is 1.98. The Bertz CT molecular complexity index is 576. The fourth-order valence-corrected chi connectivity index (χ4v) is 11.8. The summed E-state index contributed by atoms with van der Waals surface area (Å²) in [4.78, 5) is 0. The Morgan fingerprint density at radius 2 is 1.28 bits per heavy atom. The molecule has 4 heteroatoms. The minimum atomic E-state index is -1.29. The van der Waals surface area contributed by atoms with Gasteiger partial charge in [0.05, 0.1) is 8.07 Å². The van der Waals surface area contributed by atoms with E-state index in [2.05, 4.69) is 68.6 Å². The summed E-state index contributed by atoms with van der Waals surface area (Å²) in [6.45, 7) is 7.85. The van der Waals surface area contributed by atoms with Gasteiger partial charge in [-0.25, -0.2) is 0 Å². The van der Waals surface area contributed by atoms with Gasteiger partial charge in [-0.15, -0.1) is 0 Å². The second-order valence-electron chi connectivity index (χ2n) is 9.43. The number of hydrogen-bond acceptors (Lipinski definition) is 0. The van der Waals surface area contributed by atoms with E-state index < -0.39 is 28.9 Å². The van der Waals surface area contributed by atoms with Crippen LogP contribution in [0.5, 0.6) is 0 Å². The molecule has 4 aliphatic carbocycles. The van der Waals surface area contributed by atoms with Crippen molar-refractivity contribution in [3.05, 3.63) is 63.5 Å². The van der Waals surface area contributed by atoms with Gasteiger partial charge in [-0.1, -0.05) is 94.3 Å². The summed E-state index contributed by atoms with van der Waals surface area (Å²) in [6.07, 6.45) is 26.9. The normalized spacial score (nSPS) is 36.1. The molecule has 6 atom stereocenters. The van der Waals surface area contributed by atoms with Crippen molar-refractivity contribution in [3.8, 4) is 0 Å². The number of fused-ring (bicyclic) bond motifs is 3. The molecular formula is C25H40Cl2SiZr. The average Bonchev–Trinajstić information content (AvgIpc) is 3.26. The van der Waals surface area contributed by atoms with E-state index in [1.807, 2.05) is 0 Å². The maximum atomic E-state index is 4.93. The molecule has 0 spiro atoms. The van der Waals surface area contributed by atoms with E-state index in [1.54, 1.807) is 0 Å². The molecule has 0 bridgehead atoms. The van der Waals surface area contributed by atoms with Crippen molar-refractivity contribution in [2.75, 3.05) is 0 Å². The first-order valence-electron chi connectivity index (χ1n) is 10.7. The van der Waals surface area contributed by atoms with E-state index in [9.17, 15) is 0 Å². The molecule has 0 amide bonds. The van der Waals surface area contributed by atoms with Crippen molar-refractivity contribution in [2.24, 2.45) is 29.6 Å². The van der Waals surface area contributed by atoms with Crippen LogP contribution in [0.2, 0.25) is 24.2 Å². The molecule has 4 rings (SSSR count). The molecule has 6 unspecified atom stereocenters. The first-order valence-corrected chi connectivity index (χ1v) is 20.2. The van der Waals surface area contributed by atoms with Gasteiger partial charge in [0.1, 0.15) is 0 Å². The molecule has 29 heavy (non-hydrogen) atoms. The Balaban J connectivity index is 0.000000794. The van der Waals surface area contributed by atoms with Gasteiger partial charge < -0.3 is 14.9 Å². The van der Waals surface area contributed by atoms with E-state index in [4.69, 9.17) is 17.0 Å². The van der Waals surface area contributed by atoms with Crippen molar-refractivity contribution in [1.82, 2.24) is 0 Å². The van der Waals surface area contributed by atoms with Gasteiger partial charge in [0.25, 0.3) is 0 Å². The van der Waals surface area contributed by atoms with Gasteiger partial charge in [-0.05, 0) is 47.1 Å². The average molecular weight is 531 g/mol. The second kappa shape index (κ2) is 12.6. The van der Waals surface area contributed by atoms with E-state index in [0.29, 0.717) is 0 Å². The first-order chi connectivity index (χ1) is 13.0. The summed E-state index contributed by atoms with van der Waals surface area (Å²) in [5, 5.41) is 0. The summed E-state index contributed by atoms with van der Waals surface area (Å²) < 4.78 is 0. The Hall–Kier alpha value is 0.640. The fraction of sp³-hybridized carbons (Fsp3) is 0.600. The molecular weight excluding hydrogens is 490 g/mol. The Morgan fingerprint density at radius 3 is 1.72 bits per heavy atom. The maximum absolute atomic E-state index is 4.93. The van der Waals surface area contributed by atoms with Crippen LogP contribution in [0.1, 0.15) is 39.0 Å². The Morgan fingerprint density at radius 1 is 0.828 bits per heavy atom. The fourth-order valence-electron chi connectivity index (χ4n) is 6.71. The molecule has 162 valence electrons. The molecule has 0 aromatic rings. The third-order valence-electron chi connectivity index (χ3n) is 7.87. The van der Waals surface area contributed by atoms with E-state index in [1.165, 1.54) is 32.1 Å². The Kier molecular flexibility index (Phi) is 12.0. The van der Waals surface area contributed by atoms with Crippen LogP contribution in [-0.4, -0.2) is 8.07 Å². The van der Waals surface area contributed by atoms with Crippen LogP contribution in [0.4, 0.5) is 0 Å². The third-order valence-corrected chi connectivity index (χ3v) is 13.0. The summed E-state index contributed by atoms with van der Waals surface area (Å²) in [7, 11) is 8.57. The molecule has 0 saturated heterocycles. The molecule has 0 radical (unpaired) electrons. The molecule has 2 fully saturated rings. The number of hydrogen-bond donors (Lipinski definition) is 0. The summed E-state index contributed by atoms with van der Waals surface area (Å²) >= 11 is -0.826. The number of allylic oxidation sites excluding steroid dienone is 8. The quantitative estimate of drug-likeness (QED) is 0.251. The number of rotatable bonds is 4. The molecule has 0 N–H and O–H groups in total. The van der Waals surface area contributed by atoms with Crippen LogP contribution >= 0.6 is 17.0 Å². The van der Waals surface area contributed by atoms with Gasteiger partial charge in [-0.2, -0.15) is 0 Å². The van der Waals surface area contributed by atoms with Crippen LogP contribution in [0.15, 0.2) is 48.6 Å². The van der Waals surface area contributed by atoms with Crippen LogP contribution in [0, 0.1) is 44.4 Å². The molecule has 0 aliphatic heterocycles. The van der Waals surface area contributed by atoms with Gasteiger partial charge in [0.2, 0.25) is 0 Å². The zero-order valence-electron chi connectivity index (χ0n) is 19.0. The molecule has 0 heterocycles. The van der Waals surface area contributed by atoms with Crippen LogP contribution in [-0.2, 0) is 20.8 Å². The van der Waals surface area contributed by atoms with Crippen molar-refractivity contribution in [1.29, 1.82) is 0 Å². The third kappa shape index (κ3) is 5.91. The van der Waals surface area contributed by atoms with Gasteiger partial charge >= 0.3 is 37.9 Å². The molecule has 4 aliphatic rings. The van der Waals surface area contributed by atoms with Gasteiger partial charge in [-0.3, -0.25) is 0 Å². The summed E-state index contributed by atoms with van der Waals surface area (Å²) in [5.74, 6) is 4.13. The van der Waals surface area contributed by atoms with Crippen LogP contribution in [0.25, 0.3) is 0 Å². The van der Waals surface area contributed by atoms with Crippen molar-refractivity contribution >= 4 is 25.1 Å². The van der Waals surface area contributed by atoms with Gasteiger partial charge in [0, 0.05) is 0 Å². The number of halogens is 2. The summed E-state index contributed by atoms with van der Waals surface area (Å²) in [6, 6.07) is 0. The zero-order chi connectivity index (χ0) is 19.4. The van der Waals surface area contributed by atoms with Crippen molar-refractivity contribution in [2.45, 2.75) is 63.2 Å². The van der Waals surface area contributed by atoms with Crippen LogP contribution < -0.4 is 0 Å². The van der Waals surface area contributed by atoms with Crippen molar-refractivity contribution < 1.29 is 20.8 Å². The SMILES string of the molecule is CCCC1CCC([Si](C)(C)C2C3C=CC=CC3C3C=CC=CC32)C1.[CH3-].[CH3-].[Cl][Zr+2][Cl]. The monoisotopic (exact) mass is 528 g/mol. The Labute approximate surface area is 201 Å². The second-order valence-corrected chi connectivity index (χ2v) is 18.3. The molecule has 0 nitrogen and oxygen atoms in total. The molecule has 0 aromatic heterocycles. The van der Waals surface area contributed by atoms with E-state index in [0.717, 1.165) is 40.7 Å². The molecule has 2 saturated carbocycles. The van der Waals surface area contributed by atoms with Crippen LogP contribution in [0.3, 0.4) is 0 Å². The predicted molar refractivity (Wildman–Crippen MR) is 132 cm³/mol. The van der Waals surface area contributed by atoms with E-state index in [-0.39, 0.29) is 14.9 Å². The first kappa shape index (κ1) is 27.7. The zero-order valence-corrected chi connectivity index (χ0v) is 23.9. The van der Waals surface area contributed by atoms with Crippen molar-refractivity contribution in [3.63, 3.8) is 0 Å². The van der Waals surface area contributed by atoms with Gasteiger partial charge in [0.15, 0.2) is 0 Å². The minimum absolute atomic E-state index is 0. The predicted octanol–water partition coefficient (Wildman–Crippen LogP) is 9.04.